The number of hydrogen-bond donors (Lipinski definition) is 2. The van der Waals surface area contributed by atoms with Crippen LogP contribution in [0.4, 0.5) is 18.0 Å². The van der Waals surface area contributed by atoms with Gasteiger partial charge in [0.2, 0.25) is 10.0 Å². The van der Waals surface area contributed by atoms with Crippen LogP contribution in [0.25, 0.3) is 11.1 Å². The molecule has 2 aliphatic rings. The maximum absolute atomic E-state index is 15.3. The van der Waals surface area contributed by atoms with E-state index < -0.39 is 50.9 Å². The number of sulfonamides is 1. The van der Waals surface area contributed by atoms with E-state index in [1.165, 1.54) is 18.2 Å². The minimum atomic E-state index is -3.56. The molecule has 2 aromatic rings. The fourth-order valence-electron chi connectivity index (χ4n) is 4.06. The lowest BCUT2D eigenvalue weighted by atomic mass is 9.96. The molecule has 0 unspecified atom stereocenters. The van der Waals surface area contributed by atoms with Crippen molar-refractivity contribution in [3.05, 3.63) is 59.4 Å². The largest absolute Gasteiger partial charge is 0.465 e. The van der Waals surface area contributed by atoms with E-state index in [-0.39, 0.29) is 36.1 Å². The van der Waals surface area contributed by atoms with E-state index in [9.17, 15) is 27.1 Å². The number of nitrogens with zero attached hydrogens (tertiary/aromatic N) is 1. The molecule has 10 heteroatoms. The van der Waals surface area contributed by atoms with Gasteiger partial charge in [-0.05, 0) is 48.9 Å². The molecule has 1 heterocycles. The monoisotopic (exact) mass is 454 g/mol. The van der Waals surface area contributed by atoms with Crippen molar-refractivity contribution >= 4 is 16.1 Å². The third-order valence-electron chi connectivity index (χ3n) is 5.75. The second-order valence-corrected chi connectivity index (χ2v) is 9.93. The van der Waals surface area contributed by atoms with Crippen LogP contribution in [0.15, 0.2) is 36.4 Å². The molecular formula is C21H21F3N2O4S. The van der Waals surface area contributed by atoms with Crippen molar-refractivity contribution in [2.24, 2.45) is 0 Å². The smallest absolute Gasteiger partial charge is 0.407 e. The second kappa shape index (κ2) is 8.16. The predicted molar refractivity (Wildman–Crippen MR) is 107 cm³/mol. The molecular weight excluding hydrogens is 433 g/mol. The molecule has 166 valence electrons. The standard InChI is InChI=1S/C21H21F3N2O4S/c22-14-8-13(9-15(23)11-14)17-3-1-2-12(20(17)24)10-19-18(6-7-26(19)21(27)28)25-31(29,30)16-4-5-16/h1-3,8-9,11,16,18-19,25H,4-7,10H2,(H,27,28)/t18-,19-/m0/s1. The van der Waals surface area contributed by atoms with Crippen LogP contribution in [0.5, 0.6) is 0 Å². The number of rotatable bonds is 6. The minimum Gasteiger partial charge on any atom is -0.465 e. The zero-order valence-electron chi connectivity index (χ0n) is 16.4. The Bertz CT molecular complexity index is 1100. The third kappa shape index (κ3) is 4.54. The van der Waals surface area contributed by atoms with Gasteiger partial charge in [0, 0.05) is 24.2 Å². The zero-order valence-corrected chi connectivity index (χ0v) is 17.2. The van der Waals surface area contributed by atoms with Gasteiger partial charge in [0.1, 0.15) is 17.5 Å². The van der Waals surface area contributed by atoms with Gasteiger partial charge in [0.05, 0.1) is 11.3 Å². The predicted octanol–water partition coefficient (Wildman–Crippen LogP) is 3.52. The molecule has 0 aromatic heterocycles. The average Bonchev–Trinajstić information content (AvgIpc) is 3.47. The molecule has 31 heavy (non-hydrogen) atoms. The fourth-order valence-corrected chi connectivity index (χ4v) is 5.71. The minimum absolute atomic E-state index is 0.0179. The number of carbonyl (C=O) groups is 1. The first-order chi connectivity index (χ1) is 14.7. The van der Waals surface area contributed by atoms with Crippen LogP contribution < -0.4 is 4.72 Å². The summed E-state index contributed by atoms with van der Waals surface area (Å²) in [5.74, 6) is -2.42. The molecule has 1 aliphatic heterocycles. The van der Waals surface area contributed by atoms with Gasteiger partial charge in [0.25, 0.3) is 0 Å². The summed E-state index contributed by atoms with van der Waals surface area (Å²) in [5, 5.41) is 9.07. The summed E-state index contributed by atoms with van der Waals surface area (Å²) >= 11 is 0. The molecule has 2 N–H and O–H groups in total. The lowest BCUT2D eigenvalue weighted by Gasteiger charge is -2.27. The van der Waals surface area contributed by atoms with Gasteiger partial charge < -0.3 is 10.0 Å². The topological polar surface area (TPSA) is 86.7 Å². The van der Waals surface area contributed by atoms with E-state index in [2.05, 4.69) is 4.72 Å². The van der Waals surface area contributed by atoms with Crippen molar-refractivity contribution in [2.45, 2.75) is 43.0 Å². The molecule has 2 atom stereocenters. The van der Waals surface area contributed by atoms with E-state index in [0.29, 0.717) is 18.9 Å². The number of likely N-dealkylation sites (tertiary alicyclic amines) is 1. The lowest BCUT2D eigenvalue weighted by molar-refractivity contribution is 0.137. The fraction of sp³-hybridized carbons (Fsp3) is 0.381. The van der Waals surface area contributed by atoms with Crippen LogP contribution in [0.2, 0.25) is 0 Å². The quantitative estimate of drug-likeness (QED) is 0.699. The van der Waals surface area contributed by atoms with Crippen molar-refractivity contribution < 1.29 is 31.5 Å². The Balaban J connectivity index is 1.64. The summed E-state index contributed by atoms with van der Waals surface area (Å²) in [7, 11) is -3.56. The number of hydrogen-bond acceptors (Lipinski definition) is 3. The number of benzene rings is 2. The second-order valence-electron chi connectivity index (χ2n) is 7.94. The van der Waals surface area contributed by atoms with Crippen LogP contribution in [0, 0.1) is 17.5 Å². The maximum Gasteiger partial charge on any atom is 0.407 e. The molecule has 1 aliphatic carbocycles. The Labute approximate surface area is 177 Å². The van der Waals surface area contributed by atoms with Crippen LogP contribution in [0.3, 0.4) is 0 Å². The molecule has 0 spiro atoms. The first-order valence-electron chi connectivity index (χ1n) is 9.90. The number of halogens is 3. The first kappa shape index (κ1) is 21.6. The summed E-state index contributed by atoms with van der Waals surface area (Å²) in [6.45, 7) is 0.119. The molecule has 1 amide bonds. The summed E-state index contributed by atoms with van der Waals surface area (Å²) in [4.78, 5) is 12.8. The Hall–Kier alpha value is -2.59. The third-order valence-corrected chi connectivity index (χ3v) is 7.73. The molecule has 2 fully saturated rings. The van der Waals surface area contributed by atoms with E-state index in [4.69, 9.17) is 0 Å². The van der Waals surface area contributed by atoms with Gasteiger partial charge in [-0.2, -0.15) is 0 Å². The van der Waals surface area contributed by atoms with Gasteiger partial charge in [0.15, 0.2) is 0 Å². The van der Waals surface area contributed by atoms with Crippen LogP contribution in [-0.2, 0) is 16.4 Å². The van der Waals surface area contributed by atoms with Crippen molar-refractivity contribution in [1.82, 2.24) is 9.62 Å². The highest BCUT2D eigenvalue weighted by atomic mass is 32.2. The van der Waals surface area contributed by atoms with Crippen molar-refractivity contribution in [3.8, 4) is 11.1 Å². The van der Waals surface area contributed by atoms with Gasteiger partial charge in [-0.1, -0.05) is 18.2 Å². The first-order valence-corrected chi connectivity index (χ1v) is 11.4. The van der Waals surface area contributed by atoms with Gasteiger partial charge in [-0.3, -0.25) is 0 Å². The van der Waals surface area contributed by atoms with Crippen LogP contribution >= 0.6 is 0 Å². The highest BCUT2D eigenvalue weighted by Crippen LogP contribution is 2.32. The van der Waals surface area contributed by atoms with Gasteiger partial charge in [-0.25, -0.2) is 31.1 Å². The van der Waals surface area contributed by atoms with E-state index in [0.717, 1.165) is 17.0 Å². The highest BCUT2D eigenvalue weighted by Gasteiger charge is 2.43. The number of amides is 1. The van der Waals surface area contributed by atoms with Gasteiger partial charge >= 0.3 is 6.09 Å². The van der Waals surface area contributed by atoms with Crippen molar-refractivity contribution in [3.63, 3.8) is 0 Å². The van der Waals surface area contributed by atoms with Crippen molar-refractivity contribution in [2.75, 3.05) is 6.54 Å². The van der Waals surface area contributed by atoms with Crippen molar-refractivity contribution in [1.29, 1.82) is 0 Å². The number of nitrogens with one attached hydrogen (secondary N) is 1. The SMILES string of the molecule is O=C(O)N1CC[C@H](NS(=O)(=O)C2CC2)[C@@H]1Cc1cccc(-c2cc(F)cc(F)c2)c1F. The maximum atomic E-state index is 15.3. The van der Waals surface area contributed by atoms with Crippen LogP contribution in [0.1, 0.15) is 24.8 Å². The van der Waals surface area contributed by atoms with Gasteiger partial charge in [-0.15, -0.1) is 0 Å². The Morgan fingerprint density at radius 1 is 1.10 bits per heavy atom. The average molecular weight is 454 g/mol. The molecule has 0 radical (unpaired) electrons. The van der Waals surface area contributed by atoms with Crippen LogP contribution in [-0.4, -0.2) is 48.4 Å². The lowest BCUT2D eigenvalue weighted by Crippen LogP contribution is -2.48. The van der Waals surface area contributed by atoms with E-state index >= 15 is 4.39 Å². The molecule has 6 nitrogen and oxygen atoms in total. The Morgan fingerprint density at radius 2 is 1.77 bits per heavy atom. The number of carboxylic acid groups (broad SMARTS) is 1. The Morgan fingerprint density at radius 3 is 2.39 bits per heavy atom. The van der Waals surface area contributed by atoms with E-state index in [1.54, 1.807) is 0 Å². The molecule has 1 saturated heterocycles. The Kier molecular flexibility index (Phi) is 5.69. The molecule has 0 bridgehead atoms. The molecule has 4 rings (SSSR count). The van der Waals surface area contributed by atoms with E-state index in [1.807, 2.05) is 0 Å². The summed E-state index contributed by atoms with van der Waals surface area (Å²) < 4.78 is 69.8. The normalized spacial score (nSPS) is 21.5. The molecule has 2 aromatic carbocycles. The summed E-state index contributed by atoms with van der Waals surface area (Å²) in [6, 6.07) is 5.57. The highest BCUT2D eigenvalue weighted by molar-refractivity contribution is 7.90. The summed E-state index contributed by atoms with van der Waals surface area (Å²) in [6.07, 6.45) is 0.106. The summed E-state index contributed by atoms with van der Waals surface area (Å²) in [5.41, 5.74) is 0.131. The zero-order chi connectivity index (χ0) is 22.3. The molecule has 1 saturated carbocycles.